The number of nitrogens with zero attached hydrogens (tertiary/aromatic N) is 2. The molecule has 1 aliphatic rings. The van der Waals surface area contributed by atoms with Crippen molar-refractivity contribution in [2.75, 3.05) is 32.9 Å². The van der Waals surface area contributed by atoms with Crippen LogP contribution in [0.3, 0.4) is 0 Å². The number of benzene rings is 1. The highest BCUT2D eigenvalue weighted by Crippen LogP contribution is 2.19. The first-order valence-electron chi connectivity index (χ1n) is 7.50. The van der Waals surface area contributed by atoms with Crippen LogP contribution in [0.2, 0.25) is 0 Å². The Bertz CT molecular complexity index is 474. The second-order valence-electron chi connectivity index (χ2n) is 5.59. The summed E-state index contributed by atoms with van der Waals surface area (Å²) in [4.78, 5) is 6.55. The topological polar surface area (TPSA) is 60.1 Å². The van der Waals surface area contributed by atoms with E-state index in [4.69, 9.17) is 15.2 Å². The first-order chi connectivity index (χ1) is 10.2. The number of guanidine groups is 1. The molecule has 5 nitrogen and oxygen atoms in total. The summed E-state index contributed by atoms with van der Waals surface area (Å²) in [6.07, 6.45) is 0. The lowest BCUT2D eigenvalue weighted by atomic mass is 10.2. The molecule has 0 bridgehead atoms. The van der Waals surface area contributed by atoms with Gasteiger partial charge in [0.1, 0.15) is 5.75 Å². The number of hydrogen-bond donors (Lipinski definition) is 1. The van der Waals surface area contributed by atoms with Gasteiger partial charge in [0.15, 0.2) is 5.96 Å². The first kappa shape index (κ1) is 19.0. The predicted octanol–water partition coefficient (Wildman–Crippen LogP) is 2.49. The maximum atomic E-state index is 6.05. The summed E-state index contributed by atoms with van der Waals surface area (Å²) in [6.45, 7) is 8.56. The van der Waals surface area contributed by atoms with Crippen molar-refractivity contribution in [3.63, 3.8) is 0 Å². The van der Waals surface area contributed by atoms with Crippen molar-refractivity contribution in [3.05, 3.63) is 29.8 Å². The van der Waals surface area contributed by atoms with Gasteiger partial charge < -0.3 is 20.1 Å². The zero-order valence-electron chi connectivity index (χ0n) is 13.3. The van der Waals surface area contributed by atoms with Crippen LogP contribution < -0.4 is 10.5 Å². The monoisotopic (exact) mass is 419 g/mol. The zero-order chi connectivity index (χ0) is 15.1. The maximum absolute atomic E-state index is 6.05. The van der Waals surface area contributed by atoms with Crippen molar-refractivity contribution >= 4 is 29.9 Å². The molecule has 0 aromatic heterocycles. The minimum absolute atomic E-state index is 0. The van der Waals surface area contributed by atoms with E-state index in [1.54, 1.807) is 0 Å². The molecule has 22 heavy (non-hydrogen) atoms. The van der Waals surface area contributed by atoms with Crippen LogP contribution in [0.25, 0.3) is 0 Å². The fourth-order valence-electron chi connectivity index (χ4n) is 2.09. The number of morpholine rings is 1. The Morgan fingerprint density at radius 1 is 1.32 bits per heavy atom. The van der Waals surface area contributed by atoms with Gasteiger partial charge in [0, 0.05) is 18.7 Å². The second-order valence-corrected chi connectivity index (χ2v) is 5.59. The minimum atomic E-state index is 0. The van der Waals surface area contributed by atoms with Gasteiger partial charge in [0.25, 0.3) is 0 Å². The lowest BCUT2D eigenvalue weighted by Crippen LogP contribution is -2.44. The number of halogens is 1. The van der Waals surface area contributed by atoms with Gasteiger partial charge in [-0.25, -0.2) is 4.99 Å². The molecule has 0 amide bonds. The van der Waals surface area contributed by atoms with Crippen molar-refractivity contribution in [1.29, 1.82) is 0 Å². The summed E-state index contributed by atoms with van der Waals surface area (Å²) >= 11 is 0. The molecule has 2 N–H and O–H groups in total. The van der Waals surface area contributed by atoms with E-state index in [1.807, 2.05) is 24.3 Å². The fourth-order valence-corrected chi connectivity index (χ4v) is 2.09. The smallest absolute Gasteiger partial charge is 0.191 e. The standard InChI is InChI=1S/C16H25N3O2.HI/c1-13(2)12-21-15-6-4-3-5-14(15)11-18-16(17)19-7-9-20-10-8-19;/h3-6,13H,7-12H2,1-2H3,(H2,17,18);1H. The third-order valence-corrected chi connectivity index (χ3v) is 3.29. The van der Waals surface area contributed by atoms with Crippen LogP contribution in [0.4, 0.5) is 0 Å². The Kier molecular flexibility index (Phi) is 8.55. The molecular weight excluding hydrogens is 393 g/mol. The van der Waals surface area contributed by atoms with E-state index in [2.05, 4.69) is 23.7 Å². The fraction of sp³-hybridized carbons (Fsp3) is 0.562. The molecule has 1 saturated heterocycles. The number of para-hydroxylation sites is 1. The Morgan fingerprint density at radius 3 is 2.68 bits per heavy atom. The first-order valence-corrected chi connectivity index (χ1v) is 7.50. The highest BCUT2D eigenvalue weighted by molar-refractivity contribution is 14.0. The predicted molar refractivity (Wildman–Crippen MR) is 99.9 cm³/mol. The van der Waals surface area contributed by atoms with E-state index in [0.29, 0.717) is 38.2 Å². The molecule has 1 aromatic rings. The number of rotatable bonds is 5. The van der Waals surface area contributed by atoms with Gasteiger partial charge in [-0.1, -0.05) is 32.0 Å². The molecular formula is C16H26IN3O2. The van der Waals surface area contributed by atoms with Crippen LogP contribution in [0.1, 0.15) is 19.4 Å². The minimum Gasteiger partial charge on any atom is -0.493 e. The molecule has 0 saturated carbocycles. The molecule has 0 aliphatic carbocycles. The Balaban J connectivity index is 0.00000242. The van der Waals surface area contributed by atoms with Gasteiger partial charge in [-0.2, -0.15) is 0 Å². The molecule has 1 fully saturated rings. The molecule has 2 rings (SSSR count). The molecule has 0 spiro atoms. The molecule has 0 atom stereocenters. The summed E-state index contributed by atoms with van der Waals surface area (Å²) in [5.74, 6) is 1.97. The van der Waals surface area contributed by atoms with Crippen LogP contribution in [0.5, 0.6) is 5.75 Å². The summed E-state index contributed by atoms with van der Waals surface area (Å²) < 4.78 is 11.1. The van der Waals surface area contributed by atoms with Crippen molar-refractivity contribution in [2.45, 2.75) is 20.4 Å². The zero-order valence-corrected chi connectivity index (χ0v) is 15.7. The summed E-state index contributed by atoms with van der Waals surface area (Å²) in [5.41, 5.74) is 7.11. The normalized spacial score (nSPS) is 15.6. The Morgan fingerprint density at radius 2 is 2.00 bits per heavy atom. The third-order valence-electron chi connectivity index (χ3n) is 3.29. The highest BCUT2D eigenvalue weighted by atomic mass is 127. The van der Waals surface area contributed by atoms with Gasteiger partial charge in [-0.05, 0) is 12.0 Å². The van der Waals surface area contributed by atoms with E-state index in [9.17, 15) is 0 Å². The van der Waals surface area contributed by atoms with Crippen LogP contribution in [0, 0.1) is 5.92 Å². The number of ether oxygens (including phenoxy) is 2. The van der Waals surface area contributed by atoms with Crippen molar-refractivity contribution in [3.8, 4) is 5.75 Å². The van der Waals surface area contributed by atoms with E-state index in [1.165, 1.54) is 0 Å². The average Bonchev–Trinajstić information content (AvgIpc) is 2.52. The summed E-state index contributed by atoms with van der Waals surface area (Å²) in [6, 6.07) is 8.00. The molecule has 6 heteroatoms. The molecule has 0 radical (unpaired) electrons. The lowest BCUT2D eigenvalue weighted by Gasteiger charge is -2.27. The van der Waals surface area contributed by atoms with Gasteiger partial charge in [0.2, 0.25) is 0 Å². The van der Waals surface area contributed by atoms with Crippen molar-refractivity contribution in [2.24, 2.45) is 16.6 Å². The van der Waals surface area contributed by atoms with Gasteiger partial charge in [0.05, 0.1) is 26.4 Å². The van der Waals surface area contributed by atoms with Crippen LogP contribution in [-0.2, 0) is 11.3 Å². The molecule has 1 aliphatic heterocycles. The summed E-state index contributed by atoms with van der Waals surface area (Å²) in [7, 11) is 0. The Hall–Kier alpha value is -1.02. The quantitative estimate of drug-likeness (QED) is 0.453. The third kappa shape index (κ3) is 6.00. The Labute approximate surface area is 149 Å². The van der Waals surface area contributed by atoms with E-state index in [-0.39, 0.29) is 24.0 Å². The average molecular weight is 419 g/mol. The molecule has 1 heterocycles. The van der Waals surface area contributed by atoms with E-state index in [0.717, 1.165) is 24.4 Å². The van der Waals surface area contributed by atoms with Gasteiger partial charge in [-0.15, -0.1) is 24.0 Å². The molecule has 124 valence electrons. The van der Waals surface area contributed by atoms with Crippen LogP contribution >= 0.6 is 24.0 Å². The number of hydrogen-bond acceptors (Lipinski definition) is 3. The van der Waals surface area contributed by atoms with Crippen molar-refractivity contribution < 1.29 is 9.47 Å². The summed E-state index contributed by atoms with van der Waals surface area (Å²) in [5, 5.41) is 0. The van der Waals surface area contributed by atoms with Gasteiger partial charge >= 0.3 is 0 Å². The number of nitrogens with two attached hydrogens (primary N) is 1. The van der Waals surface area contributed by atoms with Crippen LogP contribution in [-0.4, -0.2) is 43.8 Å². The lowest BCUT2D eigenvalue weighted by molar-refractivity contribution is 0.0674. The maximum Gasteiger partial charge on any atom is 0.191 e. The van der Waals surface area contributed by atoms with E-state index < -0.39 is 0 Å². The second kappa shape index (κ2) is 9.89. The molecule has 1 aromatic carbocycles. The number of aliphatic imine (C=N–C) groups is 1. The SMILES string of the molecule is CC(C)COc1ccccc1CN=C(N)N1CCOCC1.I. The van der Waals surface area contributed by atoms with E-state index >= 15 is 0 Å². The highest BCUT2D eigenvalue weighted by Gasteiger charge is 2.12. The largest absolute Gasteiger partial charge is 0.493 e. The van der Waals surface area contributed by atoms with Gasteiger partial charge in [-0.3, -0.25) is 0 Å². The van der Waals surface area contributed by atoms with Crippen LogP contribution in [0.15, 0.2) is 29.3 Å². The van der Waals surface area contributed by atoms with Crippen molar-refractivity contribution in [1.82, 2.24) is 4.90 Å². The molecule has 0 unspecified atom stereocenters.